The van der Waals surface area contributed by atoms with Gasteiger partial charge in [0.15, 0.2) is 0 Å². The second kappa shape index (κ2) is 6.76. The van der Waals surface area contributed by atoms with Crippen molar-refractivity contribution in [1.82, 2.24) is 0 Å². The number of aryl methyl sites for hydroxylation is 1. The van der Waals surface area contributed by atoms with Gasteiger partial charge in [0, 0.05) is 10.6 Å². The Bertz CT molecular complexity index is 605. The summed E-state index contributed by atoms with van der Waals surface area (Å²) in [5.74, 6) is 0.173. The average Bonchev–Trinajstić information content (AvgIpc) is 2.98. The van der Waals surface area contributed by atoms with Crippen molar-refractivity contribution in [1.29, 1.82) is 0 Å². The van der Waals surface area contributed by atoms with Gasteiger partial charge in [-0.3, -0.25) is 0 Å². The SMILES string of the molecule is COC(=O)c1ccc(NC(c2cccs2)C(C)C)c(C)c1. The maximum Gasteiger partial charge on any atom is 0.337 e. The molecule has 1 atom stereocenters. The number of anilines is 1. The van der Waals surface area contributed by atoms with Crippen LogP contribution in [0.3, 0.4) is 0 Å². The smallest absolute Gasteiger partial charge is 0.337 e. The molecule has 1 unspecified atom stereocenters. The van der Waals surface area contributed by atoms with Crippen LogP contribution < -0.4 is 5.32 Å². The van der Waals surface area contributed by atoms with Crippen LogP contribution in [-0.2, 0) is 4.74 Å². The minimum Gasteiger partial charge on any atom is -0.465 e. The fraction of sp³-hybridized carbons (Fsp3) is 0.353. The van der Waals surface area contributed by atoms with Crippen LogP contribution in [0.2, 0.25) is 0 Å². The van der Waals surface area contributed by atoms with Crippen LogP contribution in [0.5, 0.6) is 0 Å². The summed E-state index contributed by atoms with van der Waals surface area (Å²) in [7, 11) is 1.40. The van der Waals surface area contributed by atoms with Gasteiger partial charge in [0.2, 0.25) is 0 Å². The first-order chi connectivity index (χ1) is 10.0. The van der Waals surface area contributed by atoms with Crippen molar-refractivity contribution < 1.29 is 9.53 Å². The number of esters is 1. The van der Waals surface area contributed by atoms with Crippen LogP contribution in [0.25, 0.3) is 0 Å². The molecular formula is C17H21NO2S. The molecule has 21 heavy (non-hydrogen) atoms. The number of hydrogen-bond acceptors (Lipinski definition) is 4. The topological polar surface area (TPSA) is 38.3 Å². The van der Waals surface area contributed by atoms with Gasteiger partial charge in [0.05, 0.1) is 18.7 Å². The van der Waals surface area contributed by atoms with Gasteiger partial charge in [-0.05, 0) is 48.1 Å². The quantitative estimate of drug-likeness (QED) is 0.817. The fourth-order valence-corrected chi connectivity index (χ4v) is 3.22. The normalized spacial score (nSPS) is 12.2. The van der Waals surface area contributed by atoms with Crippen molar-refractivity contribution in [2.24, 2.45) is 5.92 Å². The van der Waals surface area contributed by atoms with Gasteiger partial charge in [-0.25, -0.2) is 4.79 Å². The summed E-state index contributed by atoms with van der Waals surface area (Å²) in [6, 6.07) is 10.1. The molecule has 112 valence electrons. The Morgan fingerprint density at radius 1 is 1.29 bits per heavy atom. The largest absolute Gasteiger partial charge is 0.465 e. The summed E-state index contributed by atoms with van der Waals surface area (Å²) in [6.07, 6.45) is 0. The lowest BCUT2D eigenvalue weighted by molar-refractivity contribution is 0.0600. The number of benzene rings is 1. The van der Waals surface area contributed by atoms with Crippen molar-refractivity contribution >= 4 is 23.0 Å². The highest BCUT2D eigenvalue weighted by atomic mass is 32.1. The summed E-state index contributed by atoms with van der Waals surface area (Å²) in [4.78, 5) is 12.9. The number of methoxy groups -OCH3 is 1. The third kappa shape index (κ3) is 3.64. The van der Waals surface area contributed by atoms with Crippen LogP contribution in [0, 0.1) is 12.8 Å². The molecule has 0 saturated heterocycles. The first kappa shape index (κ1) is 15.6. The van der Waals surface area contributed by atoms with Crippen molar-refractivity contribution in [3.05, 3.63) is 51.7 Å². The zero-order valence-electron chi connectivity index (χ0n) is 12.8. The molecule has 0 amide bonds. The lowest BCUT2D eigenvalue weighted by Gasteiger charge is -2.23. The third-order valence-corrected chi connectivity index (χ3v) is 4.43. The molecule has 0 bridgehead atoms. The molecular weight excluding hydrogens is 282 g/mol. The van der Waals surface area contributed by atoms with E-state index in [0.717, 1.165) is 11.3 Å². The highest BCUT2D eigenvalue weighted by Gasteiger charge is 2.18. The average molecular weight is 303 g/mol. The van der Waals surface area contributed by atoms with E-state index in [9.17, 15) is 4.79 Å². The van der Waals surface area contributed by atoms with Gasteiger partial charge < -0.3 is 10.1 Å². The van der Waals surface area contributed by atoms with Crippen LogP contribution >= 0.6 is 11.3 Å². The fourth-order valence-electron chi connectivity index (χ4n) is 2.27. The number of ether oxygens (including phenoxy) is 1. The van der Waals surface area contributed by atoms with E-state index in [-0.39, 0.29) is 12.0 Å². The second-order valence-electron chi connectivity index (χ2n) is 5.40. The van der Waals surface area contributed by atoms with E-state index in [1.807, 2.05) is 19.1 Å². The number of nitrogens with one attached hydrogen (secondary N) is 1. The Morgan fingerprint density at radius 3 is 2.57 bits per heavy atom. The Balaban J connectivity index is 2.24. The minimum atomic E-state index is -0.302. The summed E-state index contributed by atoms with van der Waals surface area (Å²) in [5, 5.41) is 5.69. The molecule has 3 nitrogen and oxygen atoms in total. The molecule has 0 fully saturated rings. The van der Waals surface area contributed by atoms with E-state index in [1.165, 1.54) is 12.0 Å². The van der Waals surface area contributed by atoms with E-state index in [0.29, 0.717) is 11.5 Å². The summed E-state index contributed by atoms with van der Waals surface area (Å²) >= 11 is 1.76. The highest BCUT2D eigenvalue weighted by molar-refractivity contribution is 7.10. The molecule has 2 aromatic rings. The molecule has 1 N–H and O–H groups in total. The van der Waals surface area contributed by atoms with E-state index < -0.39 is 0 Å². The van der Waals surface area contributed by atoms with Crippen molar-refractivity contribution in [3.8, 4) is 0 Å². The van der Waals surface area contributed by atoms with Crippen molar-refractivity contribution in [3.63, 3.8) is 0 Å². The van der Waals surface area contributed by atoms with Gasteiger partial charge >= 0.3 is 5.97 Å². The van der Waals surface area contributed by atoms with Gasteiger partial charge in [-0.1, -0.05) is 19.9 Å². The van der Waals surface area contributed by atoms with E-state index in [4.69, 9.17) is 4.74 Å². The van der Waals surface area contributed by atoms with E-state index >= 15 is 0 Å². The molecule has 0 aliphatic carbocycles. The number of thiophene rings is 1. The number of hydrogen-bond donors (Lipinski definition) is 1. The summed E-state index contributed by atoms with van der Waals surface area (Å²) < 4.78 is 4.75. The van der Waals surface area contributed by atoms with Gasteiger partial charge in [-0.2, -0.15) is 0 Å². The number of rotatable bonds is 5. The predicted molar refractivity (Wildman–Crippen MR) is 88.0 cm³/mol. The van der Waals surface area contributed by atoms with Crippen LogP contribution in [-0.4, -0.2) is 13.1 Å². The monoisotopic (exact) mass is 303 g/mol. The Morgan fingerprint density at radius 2 is 2.05 bits per heavy atom. The predicted octanol–water partition coefficient (Wildman–Crippen LogP) is 4.65. The number of carbonyl (C=O) groups excluding carboxylic acids is 1. The second-order valence-corrected chi connectivity index (χ2v) is 6.38. The molecule has 4 heteroatoms. The standard InChI is InChI=1S/C17H21NO2S/c1-11(2)16(15-6-5-9-21-15)18-14-8-7-13(10-12(14)3)17(19)20-4/h5-11,16,18H,1-4H3. The Hall–Kier alpha value is -1.81. The zero-order valence-corrected chi connectivity index (χ0v) is 13.7. The first-order valence-corrected chi connectivity index (χ1v) is 7.89. The summed E-state index contributed by atoms with van der Waals surface area (Å²) in [5.41, 5.74) is 2.67. The lowest BCUT2D eigenvalue weighted by Crippen LogP contribution is -2.16. The lowest BCUT2D eigenvalue weighted by atomic mass is 10.0. The first-order valence-electron chi connectivity index (χ1n) is 7.02. The molecule has 0 saturated carbocycles. The van der Waals surface area contributed by atoms with Gasteiger partial charge in [0.1, 0.15) is 0 Å². The van der Waals surface area contributed by atoms with Crippen LogP contribution in [0.1, 0.15) is 40.7 Å². The maximum atomic E-state index is 11.6. The van der Waals surface area contributed by atoms with E-state index in [2.05, 4.69) is 36.7 Å². The third-order valence-electron chi connectivity index (χ3n) is 3.47. The van der Waals surface area contributed by atoms with Gasteiger partial charge in [-0.15, -0.1) is 11.3 Å². The zero-order chi connectivity index (χ0) is 15.4. The Labute approximate surface area is 130 Å². The van der Waals surface area contributed by atoms with Gasteiger partial charge in [0.25, 0.3) is 0 Å². The molecule has 2 rings (SSSR count). The molecule has 0 aliphatic heterocycles. The summed E-state index contributed by atoms with van der Waals surface area (Å²) in [6.45, 7) is 6.41. The molecule has 0 radical (unpaired) electrons. The van der Waals surface area contributed by atoms with Crippen LogP contribution in [0.4, 0.5) is 5.69 Å². The molecule has 0 aliphatic rings. The maximum absolute atomic E-state index is 11.6. The minimum absolute atomic E-state index is 0.271. The van der Waals surface area contributed by atoms with Crippen molar-refractivity contribution in [2.45, 2.75) is 26.8 Å². The molecule has 0 spiro atoms. The van der Waals surface area contributed by atoms with Crippen LogP contribution in [0.15, 0.2) is 35.7 Å². The molecule has 1 aromatic heterocycles. The van der Waals surface area contributed by atoms with E-state index in [1.54, 1.807) is 17.4 Å². The number of carbonyl (C=O) groups is 1. The van der Waals surface area contributed by atoms with Crippen molar-refractivity contribution in [2.75, 3.05) is 12.4 Å². The highest BCUT2D eigenvalue weighted by Crippen LogP contribution is 2.31. The molecule has 1 heterocycles. The Kier molecular flexibility index (Phi) is 5.02. The molecule has 1 aromatic carbocycles.